The van der Waals surface area contributed by atoms with Crippen molar-refractivity contribution in [2.24, 2.45) is 11.1 Å². The van der Waals surface area contributed by atoms with Crippen LogP contribution in [0.25, 0.3) is 0 Å². The zero-order chi connectivity index (χ0) is 12.3. The number of ether oxygens (including phenoxy) is 1. The van der Waals surface area contributed by atoms with E-state index in [0.717, 1.165) is 19.3 Å². The largest absolute Gasteiger partial charge is 0.392 e. The summed E-state index contributed by atoms with van der Waals surface area (Å²) in [5.74, 6) is 0.0378. The minimum atomic E-state index is -0.577. The first kappa shape index (κ1) is 13.4. The van der Waals surface area contributed by atoms with Gasteiger partial charge in [0.2, 0.25) is 5.91 Å². The summed E-state index contributed by atoms with van der Waals surface area (Å²) in [7, 11) is 3.41. The summed E-state index contributed by atoms with van der Waals surface area (Å²) in [6.07, 6.45) is 2.59. The minimum absolute atomic E-state index is 0.0378. The molecule has 0 aromatic heterocycles. The van der Waals surface area contributed by atoms with Gasteiger partial charge in [-0.15, -0.1) is 0 Å². The molecule has 1 amide bonds. The van der Waals surface area contributed by atoms with E-state index in [-0.39, 0.29) is 11.9 Å². The van der Waals surface area contributed by atoms with E-state index in [1.54, 1.807) is 19.1 Å². The summed E-state index contributed by atoms with van der Waals surface area (Å²) >= 11 is 5.03. The van der Waals surface area contributed by atoms with E-state index in [1.807, 2.05) is 6.92 Å². The summed E-state index contributed by atoms with van der Waals surface area (Å²) in [4.78, 5) is 14.3. The Morgan fingerprint density at radius 1 is 1.62 bits per heavy atom. The number of hydrogen-bond acceptors (Lipinski definition) is 3. The fourth-order valence-electron chi connectivity index (χ4n) is 1.99. The Balaban J connectivity index is 2.72. The molecule has 0 radical (unpaired) electrons. The Hall–Kier alpha value is -0.680. The van der Waals surface area contributed by atoms with Gasteiger partial charge in [-0.25, -0.2) is 0 Å². The van der Waals surface area contributed by atoms with Crippen molar-refractivity contribution < 1.29 is 9.53 Å². The molecule has 92 valence electrons. The number of nitrogens with two attached hydrogens (primary N) is 1. The van der Waals surface area contributed by atoms with Crippen LogP contribution in [0.5, 0.6) is 0 Å². The number of rotatable bonds is 5. The van der Waals surface area contributed by atoms with Crippen LogP contribution in [0.4, 0.5) is 0 Å². The lowest BCUT2D eigenvalue weighted by Crippen LogP contribution is -2.55. The minimum Gasteiger partial charge on any atom is -0.392 e. The Labute approximate surface area is 102 Å². The van der Waals surface area contributed by atoms with E-state index < -0.39 is 5.41 Å². The quantitative estimate of drug-likeness (QED) is 0.731. The van der Waals surface area contributed by atoms with E-state index >= 15 is 0 Å². The fourth-order valence-corrected chi connectivity index (χ4v) is 2.28. The van der Waals surface area contributed by atoms with Crippen LogP contribution in [0.1, 0.15) is 26.2 Å². The third kappa shape index (κ3) is 2.20. The molecule has 0 spiro atoms. The van der Waals surface area contributed by atoms with E-state index in [0.29, 0.717) is 11.6 Å². The summed E-state index contributed by atoms with van der Waals surface area (Å²) in [6.45, 7) is 2.48. The highest BCUT2D eigenvalue weighted by Crippen LogP contribution is 2.42. The van der Waals surface area contributed by atoms with Crippen LogP contribution in [0.15, 0.2) is 0 Å². The third-order valence-electron chi connectivity index (χ3n) is 3.48. The SMILES string of the molecule is COCC(C)N(C)C(=O)C1(C(N)=S)CCC1. The summed E-state index contributed by atoms with van der Waals surface area (Å²) in [6, 6.07) is 0.0457. The molecular weight excluding hydrogens is 224 g/mol. The molecule has 16 heavy (non-hydrogen) atoms. The summed E-state index contributed by atoms with van der Waals surface area (Å²) in [5.41, 5.74) is 5.12. The zero-order valence-corrected chi connectivity index (χ0v) is 11.0. The molecule has 1 saturated carbocycles. The first-order valence-electron chi connectivity index (χ1n) is 5.52. The van der Waals surface area contributed by atoms with Gasteiger partial charge in [0.15, 0.2) is 0 Å². The van der Waals surface area contributed by atoms with Crippen LogP contribution in [0.3, 0.4) is 0 Å². The smallest absolute Gasteiger partial charge is 0.235 e. The highest BCUT2D eigenvalue weighted by molar-refractivity contribution is 7.80. The topological polar surface area (TPSA) is 55.6 Å². The standard InChI is InChI=1S/C11H20N2O2S/c1-8(7-15-3)13(2)10(14)11(9(12)16)5-4-6-11/h8H,4-7H2,1-3H3,(H2,12,16). The summed E-state index contributed by atoms with van der Waals surface area (Å²) < 4.78 is 5.04. The maximum absolute atomic E-state index is 12.3. The molecule has 2 N–H and O–H groups in total. The second kappa shape index (κ2) is 5.10. The van der Waals surface area contributed by atoms with Crippen LogP contribution < -0.4 is 5.73 Å². The van der Waals surface area contributed by atoms with Crippen molar-refractivity contribution >= 4 is 23.1 Å². The number of carbonyl (C=O) groups is 1. The number of thiocarbonyl (C=S) groups is 1. The lowest BCUT2D eigenvalue weighted by molar-refractivity contribution is -0.143. The third-order valence-corrected chi connectivity index (χ3v) is 3.87. The molecule has 0 aliphatic heterocycles. The Bertz CT molecular complexity index is 290. The van der Waals surface area contributed by atoms with Crippen molar-refractivity contribution in [3.05, 3.63) is 0 Å². The first-order valence-corrected chi connectivity index (χ1v) is 5.92. The maximum atomic E-state index is 12.3. The Kier molecular flexibility index (Phi) is 4.27. The molecule has 1 rings (SSSR count). The van der Waals surface area contributed by atoms with Gasteiger partial charge in [0.1, 0.15) is 0 Å². The molecule has 0 aromatic carbocycles. The summed E-state index contributed by atoms with van der Waals surface area (Å²) in [5, 5.41) is 0. The van der Waals surface area contributed by atoms with Crippen LogP contribution >= 0.6 is 12.2 Å². The van der Waals surface area contributed by atoms with Crippen LogP contribution in [0, 0.1) is 5.41 Å². The highest BCUT2D eigenvalue weighted by Gasteiger charge is 2.48. The molecule has 0 heterocycles. The van der Waals surface area contributed by atoms with Crippen LogP contribution in [-0.2, 0) is 9.53 Å². The second-order valence-corrected chi connectivity index (χ2v) is 4.96. The lowest BCUT2D eigenvalue weighted by atomic mass is 9.67. The predicted molar refractivity (Wildman–Crippen MR) is 67.2 cm³/mol. The number of hydrogen-bond donors (Lipinski definition) is 1. The second-order valence-electron chi connectivity index (χ2n) is 4.52. The molecule has 1 unspecified atom stereocenters. The molecule has 1 fully saturated rings. The van der Waals surface area contributed by atoms with E-state index in [1.165, 1.54) is 0 Å². The monoisotopic (exact) mass is 244 g/mol. The van der Waals surface area contributed by atoms with Crippen molar-refractivity contribution in [3.8, 4) is 0 Å². The average Bonchev–Trinajstić information content (AvgIpc) is 2.14. The first-order chi connectivity index (χ1) is 7.45. The highest BCUT2D eigenvalue weighted by atomic mass is 32.1. The van der Waals surface area contributed by atoms with Crippen molar-refractivity contribution in [1.29, 1.82) is 0 Å². The average molecular weight is 244 g/mol. The normalized spacial score (nSPS) is 19.7. The molecule has 1 atom stereocenters. The maximum Gasteiger partial charge on any atom is 0.235 e. The van der Waals surface area contributed by atoms with Gasteiger partial charge in [0.05, 0.1) is 23.1 Å². The molecule has 1 aliphatic rings. The molecule has 0 bridgehead atoms. The van der Waals surface area contributed by atoms with Gasteiger partial charge in [-0.05, 0) is 19.8 Å². The van der Waals surface area contributed by atoms with Gasteiger partial charge in [-0.3, -0.25) is 4.79 Å². The molecule has 1 aliphatic carbocycles. The number of likely N-dealkylation sites (N-methyl/N-ethyl adjacent to an activating group) is 1. The Morgan fingerprint density at radius 2 is 2.19 bits per heavy atom. The van der Waals surface area contributed by atoms with Gasteiger partial charge in [0.25, 0.3) is 0 Å². The Morgan fingerprint density at radius 3 is 2.50 bits per heavy atom. The zero-order valence-electron chi connectivity index (χ0n) is 10.2. The molecule has 0 aromatic rings. The number of carbonyl (C=O) groups excluding carboxylic acids is 1. The van der Waals surface area contributed by atoms with Gasteiger partial charge in [-0.1, -0.05) is 18.6 Å². The van der Waals surface area contributed by atoms with E-state index in [9.17, 15) is 4.79 Å². The van der Waals surface area contributed by atoms with Gasteiger partial charge < -0.3 is 15.4 Å². The fraction of sp³-hybridized carbons (Fsp3) is 0.818. The molecule has 4 nitrogen and oxygen atoms in total. The molecule has 5 heteroatoms. The van der Waals surface area contributed by atoms with Crippen molar-refractivity contribution in [1.82, 2.24) is 4.90 Å². The van der Waals surface area contributed by atoms with E-state index in [2.05, 4.69) is 0 Å². The van der Waals surface area contributed by atoms with Crippen molar-refractivity contribution in [2.45, 2.75) is 32.2 Å². The van der Waals surface area contributed by atoms with Crippen LogP contribution in [0.2, 0.25) is 0 Å². The van der Waals surface area contributed by atoms with Gasteiger partial charge in [0, 0.05) is 14.2 Å². The number of methoxy groups -OCH3 is 1. The molecular formula is C11H20N2O2S. The van der Waals surface area contributed by atoms with E-state index in [4.69, 9.17) is 22.7 Å². The lowest BCUT2D eigenvalue weighted by Gasteiger charge is -2.43. The van der Waals surface area contributed by atoms with Gasteiger partial charge in [-0.2, -0.15) is 0 Å². The number of nitrogens with zero attached hydrogens (tertiary/aromatic N) is 1. The predicted octanol–water partition coefficient (Wildman–Crippen LogP) is 0.936. The van der Waals surface area contributed by atoms with Crippen LogP contribution in [-0.4, -0.2) is 42.6 Å². The molecule has 0 saturated heterocycles. The van der Waals surface area contributed by atoms with Crippen molar-refractivity contribution in [3.63, 3.8) is 0 Å². The van der Waals surface area contributed by atoms with Crippen molar-refractivity contribution in [2.75, 3.05) is 20.8 Å². The number of amides is 1. The van der Waals surface area contributed by atoms with Gasteiger partial charge >= 0.3 is 0 Å².